The molecule has 3 rings (SSSR count). The number of aryl methyl sites for hydroxylation is 1. The van der Waals surface area contributed by atoms with Crippen molar-refractivity contribution in [3.63, 3.8) is 0 Å². The van der Waals surface area contributed by atoms with Crippen LogP contribution in [-0.2, 0) is 16.0 Å². The molecule has 0 bridgehead atoms. The number of nitrogens with one attached hydrogen (secondary N) is 2. The van der Waals surface area contributed by atoms with Crippen LogP contribution in [0.4, 0.5) is 5.13 Å². The number of esters is 1. The first-order valence-corrected chi connectivity index (χ1v) is 9.33. The maximum Gasteiger partial charge on any atom is 0.311 e. The van der Waals surface area contributed by atoms with Crippen LogP contribution in [0, 0.1) is 6.92 Å². The third-order valence-electron chi connectivity index (χ3n) is 3.25. The van der Waals surface area contributed by atoms with E-state index in [1.165, 1.54) is 11.3 Å². The van der Waals surface area contributed by atoms with Gasteiger partial charge in [0.25, 0.3) is 5.91 Å². The molecule has 130 valence electrons. The van der Waals surface area contributed by atoms with Crippen molar-refractivity contribution in [1.29, 1.82) is 0 Å². The molecule has 0 aliphatic carbocycles. The first kappa shape index (κ1) is 17.3. The van der Waals surface area contributed by atoms with E-state index in [0.717, 1.165) is 16.3 Å². The Bertz CT molecular complexity index is 897. The first-order chi connectivity index (χ1) is 12.0. The summed E-state index contributed by atoms with van der Waals surface area (Å²) in [4.78, 5) is 35.3. The number of hydrogen-bond donors (Lipinski definition) is 2. The third-order valence-corrected chi connectivity index (χ3v) is 4.83. The lowest BCUT2D eigenvalue weighted by Gasteiger charge is -1.99. The van der Waals surface area contributed by atoms with Crippen molar-refractivity contribution >= 4 is 39.7 Å². The predicted octanol–water partition coefficient (Wildman–Crippen LogP) is 3.26. The van der Waals surface area contributed by atoms with E-state index < -0.39 is 0 Å². The zero-order valence-corrected chi connectivity index (χ0v) is 15.3. The van der Waals surface area contributed by atoms with Gasteiger partial charge in [-0.1, -0.05) is 0 Å². The van der Waals surface area contributed by atoms with E-state index in [4.69, 9.17) is 4.74 Å². The Morgan fingerprint density at radius 1 is 1.28 bits per heavy atom. The van der Waals surface area contributed by atoms with Crippen LogP contribution in [0.2, 0.25) is 0 Å². The van der Waals surface area contributed by atoms with Gasteiger partial charge >= 0.3 is 5.97 Å². The van der Waals surface area contributed by atoms with Crippen LogP contribution < -0.4 is 5.32 Å². The standard InChI is InChI=1S/C16H16N4O3S2/c1-3-23-14(21)5-11-7-25-16(19-11)20-15(22)12-4-10(6-17-12)13-8-24-9(2)18-13/h4,6-8,17H,3,5H2,1-2H3,(H,19,20,22). The van der Waals surface area contributed by atoms with Gasteiger partial charge in [-0.3, -0.25) is 14.9 Å². The van der Waals surface area contributed by atoms with Gasteiger partial charge in [0.2, 0.25) is 0 Å². The summed E-state index contributed by atoms with van der Waals surface area (Å²) in [6.07, 6.45) is 1.84. The quantitative estimate of drug-likeness (QED) is 0.644. The molecule has 0 aliphatic heterocycles. The molecule has 1 amide bonds. The average molecular weight is 376 g/mol. The first-order valence-electron chi connectivity index (χ1n) is 7.57. The van der Waals surface area contributed by atoms with Gasteiger partial charge in [-0.05, 0) is 19.9 Å². The van der Waals surface area contributed by atoms with Gasteiger partial charge in [0, 0.05) is 22.5 Å². The largest absolute Gasteiger partial charge is 0.466 e. The van der Waals surface area contributed by atoms with Crippen molar-refractivity contribution in [1.82, 2.24) is 15.0 Å². The minimum Gasteiger partial charge on any atom is -0.466 e. The van der Waals surface area contributed by atoms with Crippen LogP contribution in [0.3, 0.4) is 0 Å². The van der Waals surface area contributed by atoms with Gasteiger partial charge in [-0.2, -0.15) is 0 Å². The highest BCUT2D eigenvalue weighted by Gasteiger charge is 2.14. The lowest BCUT2D eigenvalue weighted by atomic mass is 10.2. The molecule has 0 spiro atoms. The molecule has 0 saturated heterocycles. The number of amides is 1. The number of thiazole rings is 2. The fourth-order valence-corrected chi connectivity index (χ4v) is 3.47. The highest BCUT2D eigenvalue weighted by atomic mass is 32.1. The monoisotopic (exact) mass is 376 g/mol. The summed E-state index contributed by atoms with van der Waals surface area (Å²) >= 11 is 2.82. The maximum absolute atomic E-state index is 12.3. The van der Waals surface area contributed by atoms with Crippen molar-refractivity contribution in [2.75, 3.05) is 11.9 Å². The molecular formula is C16H16N4O3S2. The zero-order valence-electron chi connectivity index (χ0n) is 13.7. The molecule has 9 heteroatoms. The summed E-state index contributed by atoms with van der Waals surface area (Å²) in [6, 6.07) is 1.75. The van der Waals surface area contributed by atoms with E-state index in [2.05, 4.69) is 20.3 Å². The Labute approximate surface area is 152 Å². The molecule has 0 aliphatic rings. The molecule has 0 unspecified atom stereocenters. The molecule has 2 N–H and O–H groups in total. The normalized spacial score (nSPS) is 10.6. The molecule has 0 saturated carbocycles. The zero-order chi connectivity index (χ0) is 17.8. The number of carbonyl (C=O) groups excluding carboxylic acids is 2. The van der Waals surface area contributed by atoms with Gasteiger partial charge in [0.05, 0.1) is 29.4 Å². The van der Waals surface area contributed by atoms with Crippen LogP contribution in [-0.4, -0.2) is 33.4 Å². The number of aromatic nitrogens is 3. The summed E-state index contributed by atoms with van der Waals surface area (Å²) in [5.74, 6) is -0.631. The molecular weight excluding hydrogens is 360 g/mol. The van der Waals surface area contributed by atoms with E-state index in [1.807, 2.05) is 12.3 Å². The molecule has 0 fully saturated rings. The van der Waals surface area contributed by atoms with E-state index in [-0.39, 0.29) is 18.3 Å². The number of ether oxygens (including phenoxy) is 1. The highest BCUT2D eigenvalue weighted by Crippen LogP contribution is 2.23. The van der Waals surface area contributed by atoms with Crippen LogP contribution in [0.5, 0.6) is 0 Å². The molecule has 3 aromatic rings. The van der Waals surface area contributed by atoms with E-state index in [0.29, 0.717) is 23.1 Å². The number of aromatic amines is 1. The Hall–Kier alpha value is -2.52. The summed E-state index contributed by atoms with van der Waals surface area (Å²) in [5, 5.41) is 7.80. The van der Waals surface area contributed by atoms with Crippen molar-refractivity contribution in [2.45, 2.75) is 20.3 Å². The van der Waals surface area contributed by atoms with E-state index in [1.54, 1.807) is 35.9 Å². The van der Waals surface area contributed by atoms with Crippen molar-refractivity contribution in [2.24, 2.45) is 0 Å². The lowest BCUT2D eigenvalue weighted by molar-refractivity contribution is -0.142. The van der Waals surface area contributed by atoms with Crippen molar-refractivity contribution in [3.8, 4) is 11.3 Å². The number of anilines is 1. The van der Waals surface area contributed by atoms with E-state index >= 15 is 0 Å². The van der Waals surface area contributed by atoms with Crippen molar-refractivity contribution < 1.29 is 14.3 Å². The molecule has 0 radical (unpaired) electrons. The molecule has 7 nitrogen and oxygen atoms in total. The molecule has 3 aromatic heterocycles. The van der Waals surface area contributed by atoms with Crippen LogP contribution in [0.1, 0.15) is 28.1 Å². The average Bonchev–Trinajstić information content (AvgIpc) is 3.28. The number of rotatable bonds is 6. The fraction of sp³-hybridized carbons (Fsp3) is 0.250. The minimum absolute atomic E-state index is 0.0933. The van der Waals surface area contributed by atoms with Crippen molar-refractivity contribution in [3.05, 3.63) is 39.4 Å². The van der Waals surface area contributed by atoms with Gasteiger partial charge < -0.3 is 9.72 Å². The molecule has 0 atom stereocenters. The van der Waals surface area contributed by atoms with Gasteiger partial charge in [0.1, 0.15) is 5.69 Å². The Balaban J connectivity index is 1.64. The minimum atomic E-state index is -0.335. The second kappa shape index (κ2) is 7.58. The Morgan fingerprint density at radius 3 is 2.84 bits per heavy atom. The topological polar surface area (TPSA) is 97.0 Å². The predicted molar refractivity (Wildman–Crippen MR) is 97.0 cm³/mol. The number of H-pyrrole nitrogens is 1. The number of nitrogens with zero attached hydrogens (tertiary/aromatic N) is 2. The summed E-state index contributed by atoms with van der Waals surface area (Å²) in [5.41, 5.74) is 2.69. The van der Waals surface area contributed by atoms with Crippen LogP contribution >= 0.6 is 22.7 Å². The van der Waals surface area contributed by atoms with Gasteiger partial charge in [0.15, 0.2) is 5.13 Å². The molecule has 3 heterocycles. The number of hydrogen-bond acceptors (Lipinski definition) is 7. The molecule has 0 aromatic carbocycles. The van der Waals surface area contributed by atoms with E-state index in [9.17, 15) is 9.59 Å². The maximum atomic E-state index is 12.3. The third kappa shape index (κ3) is 4.31. The Morgan fingerprint density at radius 2 is 2.12 bits per heavy atom. The summed E-state index contributed by atoms with van der Waals surface area (Å²) in [6.45, 7) is 4.02. The second-order valence-electron chi connectivity index (χ2n) is 5.13. The lowest BCUT2D eigenvalue weighted by Crippen LogP contribution is -2.12. The van der Waals surface area contributed by atoms with Crippen LogP contribution in [0.25, 0.3) is 11.3 Å². The van der Waals surface area contributed by atoms with Gasteiger partial charge in [-0.25, -0.2) is 9.97 Å². The summed E-state index contributed by atoms with van der Waals surface area (Å²) in [7, 11) is 0. The van der Waals surface area contributed by atoms with Crippen LogP contribution in [0.15, 0.2) is 23.0 Å². The smallest absolute Gasteiger partial charge is 0.311 e. The summed E-state index contributed by atoms with van der Waals surface area (Å²) < 4.78 is 4.88. The molecule has 25 heavy (non-hydrogen) atoms. The fourth-order valence-electron chi connectivity index (χ4n) is 2.14. The SMILES string of the molecule is CCOC(=O)Cc1csc(NC(=O)c2cc(-c3csc(C)n3)c[nH]2)n1. The number of carbonyl (C=O) groups is 2. The highest BCUT2D eigenvalue weighted by molar-refractivity contribution is 7.14. The Kier molecular flexibility index (Phi) is 5.25. The van der Waals surface area contributed by atoms with Gasteiger partial charge in [-0.15, -0.1) is 22.7 Å². The second-order valence-corrected chi connectivity index (χ2v) is 7.05.